The van der Waals surface area contributed by atoms with Crippen LogP contribution in [0.3, 0.4) is 0 Å². The molecule has 0 heterocycles. The minimum atomic E-state index is -3.99. The normalized spacial score (nSPS) is 11.4. The van der Waals surface area contributed by atoms with Gasteiger partial charge in [-0.1, -0.05) is 36.4 Å². The fourth-order valence-electron chi connectivity index (χ4n) is 2.76. The SMILES string of the molecule is C=C(CN(c1ccc(C)cc1)S(=O)(=O)c1ccc(F)cc1)N/N=C/c1ccccc1O. The zero-order chi connectivity index (χ0) is 22.4. The lowest BCUT2D eigenvalue weighted by Gasteiger charge is -2.25. The molecule has 0 amide bonds. The van der Waals surface area contributed by atoms with Gasteiger partial charge in [0.15, 0.2) is 0 Å². The van der Waals surface area contributed by atoms with E-state index in [-0.39, 0.29) is 17.2 Å². The average Bonchev–Trinajstić information content (AvgIpc) is 2.74. The average molecular weight is 440 g/mol. The summed E-state index contributed by atoms with van der Waals surface area (Å²) in [6.07, 6.45) is 1.41. The Morgan fingerprint density at radius 2 is 1.74 bits per heavy atom. The fraction of sp³-hybridized carbons (Fsp3) is 0.0870. The van der Waals surface area contributed by atoms with Gasteiger partial charge >= 0.3 is 0 Å². The van der Waals surface area contributed by atoms with Gasteiger partial charge in [0, 0.05) is 11.3 Å². The molecule has 0 fully saturated rings. The summed E-state index contributed by atoms with van der Waals surface area (Å²) in [5.74, 6) is -0.454. The predicted octanol–water partition coefficient (Wildman–Crippen LogP) is 4.17. The minimum absolute atomic E-state index is 0.0417. The summed E-state index contributed by atoms with van der Waals surface area (Å²) in [5, 5.41) is 13.8. The lowest BCUT2D eigenvalue weighted by atomic mass is 10.2. The maximum Gasteiger partial charge on any atom is 0.264 e. The Hall–Kier alpha value is -3.65. The third-order valence-electron chi connectivity index (χ3n) is 4.42. The first-order valence-corrected chi connectivity index (χ1v) is 10.8. The van der Waals surface area contributed by atoms with E-state index in [0.717, 1.165) is 17.7 Å². The topological polar surface area (TPSA) is 82.0 Å². The lowest BCUT2D eigenvalue weighted by molar-refractivity contribution is 0.474. The maximum atomic E-state index is 13.3. The highest BCUT2D eigenvalue weighted by Crippen LogP contribution is 2.25. The third-order valence-corrected chi connectivity index (χ3v) is 6.21. The van der Waals surface area contributed by atoms with Crippen LogP contribution in [0, 0.1) is 12.7 Å². The van der Waals surface area contributed by atoms with Gasteiger partial charge in [0.25, 0.3) is 10.0 Å². The maximum absolute atomic E-state index is 13.3. The van der Waals surface area contributed by atoms with E-state index in [9.17, 15) is 17.9 Å². The van der Waals surface area contributed by atoms with Crippen molar-refractivity contribution < 1.29 is 17.9 Å². The molecular formula is C23H22FN3O3S. The highest BCUT2D eigenvalue weighted by atomic mass is 32.2. The zero-order valence-electron chi connectivity index (χ0n) is 16.9. The Labute approximate surface area is 181 Å². The molecule has 0 spiro atoms. The van der Waals surface area contributed by atoms with E-state index in [1.165, 1.54) is 28.7 Å². The number of rotatable bonds is 8. The molecule has 0 aliphatic rings. The number of halogens is 1. The van der Waals surface area contributed by atoms with Crippen molar-refractivity contribution in [3.63, 3.8) is 0 Å². The molecule has 6 nitrogen and oxygen atoms in total. The van der Waals surface area contributed by atoms with Crippen molar-refractivity contribution in [2.45, 2.75) is 11.8 Å². The minimum Gasteiger partial charge on any atom is -0.507 e. The molecule has 31 heavy (non-hydrogen) atoms. The first-order chi connectivity index (χ1) is 14.8. The van der Waals surface area contributed by atoms with Crippen LogP contribution in [0.5, 0.6) is 5.75 Å². The van der Waals surface area contributed by atoms with Gasteiger partial charge in [-0.3, -0.25) is 9.73 Å². The van der Waals surface area contributed by atoms with E-state index in [0.29, 0.717) is 16.9 Å². The van der Waals surface area contributed by atoms with Crippen LogP contribution in [0.15, 0.2) is 95.1 Å². The van der Waals surface area contributed by atoms with Crippen molar-refractivity contribution in [3.05, 3.63) is 102 Å². The van der Waals surface area contributed by atoms with Gasteiger partial charge in [-0.05, 0) is 55.5 Å². The number of hydrazone groups is 1. The Balaban J connectivity index is 1.84. The van der Waals surface area contributed by atoms with Crippen molar-refractivity contribution in [1.29, 1.82) is 0 Å². The smallest absolute Gasteiger partial charge is 0.264 e. The van der Waals surface area contributed by atoms with Gasteiger partial charge in [-0.25, -0.2) is 12.8 Å². The van der Waals surface area contributed by atoms with E-state index in [1.54, 1.807) is 42.5 Å². The van der Waals surface area contributed by atoms with Crippen molar-refractivity contribution in [2.75, 3.05) is 10.8 Å². The van der Waals surface area contributed by atoms with Crippen LogP contribution in [0.2, 0.25) is 0 Å². The predicted molar refractivity (Wildman–Crippen MR) is 120 cm³/mol. The number of aryl methyl sites for hydroxylation is 1. The summed E-state index contributed by atoms with van der Waals surface area (Å²) < 4.78 is 41.0. The number of aromatic hydroxyl groups is 1. The standard InChI is InChI=1S/C23H22FN3O3S/c1-17-7-11-21(12-8-17)27(31(29,30)22-13-9-20(24)10-14-22)16-18(2)26-25-15-19-5-3-4-6-23(19)28/h3-15,26,28H,2,16H2,1H3/b25-15+. The first kappa shape index (κ1) is 22.0. The van der Waals surface area contributed by atoms with Gasteiger partial charge < -0.3 is 5.11 Å². The number of para-hydroxylation sites is 1. The summed E-state index contributed by atoms with van der Waals surface area (Å²) in [6, 6.07) is 18.3. The second-order valence-electron chi connectivity index (χ2n) is 6.83. The number of hydrogen-bond acceptors (Lipinski definition) is 5. The second-order valence-corrected chi connectivity index (χ2v) is 8.70. The van der Waals surface area contributed by atoms with Crippen LogP contribution in [0.4, 0.5) is 10.1 Å². The van der Waals surface area contributed by atoms with Gasteiger partial charge in [0.2, 0.25) is 0 Å². The summed E-state index contributed by atoms with van der Waals surface area (Å²) in [5.41, 5.74) is 4.91. The molecule has 3 aromatic carbocycles. The number of phenols is 1. The molecule has 0 radical (unpaired) electrons. The third kappa shape index (κ3) is 5.49. The quantitative estimate of drug-likeness (QED) is 0.408. The largest absolute Gasteiger partial charge is 0.507 e. The molecule has 160 valence electrons. The van der Waals surface area contributed by atoms with E-state index in [4.69, 9.17) is 0 Å². The van der Waals surface area contributed by atoms with Gasteiger partial charge in [0.1, 0.15) is 11.6 Å². The van der Waals surface area contributed by atoms with Crippen molar-refractivity contribution in [3.8, 4) is 5.75 Å². The Bertz CT molecular complexity index is 1190. The van der Waals surface area contributed by atoms with Crippen LogP contribution in [-0.4, -0.2) is 26.3 Å². The molecule has 3 aromatic rings. The summed E-state index contributed by atoms with van der Waals surface area (Å²) in [4.78, 5) is -0.0417. The fourth-order valence-corrected chi connectivity index (χ4v) is 4.22. The van der Waals surface area contributed by atoms with E-state index in [2.05, 4.69) is 17.1 Å². The molecule has 3 rings (SSSR count). The molecule has 0 atom stereocenters. The second kappa shape index (κ2) is 9.44. The number of benzene rings is 3. The van der Waals surface area contributed by atoms with Crippen LogP contribution in [-0.2, 0) is 10.0 Å². The van der Waals surface area contributed by atoms with Crippen LogP contribution >= 0.6 is 0 Å². The van der Waals surface area contributed by atoms with Gasteiger partial charge in [0.05, 0.1) is 23.3 Å². The summed E-state index contributed by atoms with van der Waals surface area (Å²) in [7, 11) is -3.99. The zero-order valence-corrected chi connectivity index (χ0v) is 17.7. The highest BCUT2D eigenvalue weighted by Gasteiger charge is 2.25. The Kier molecular flexibility index (Phi) is 6.71. The summed E-state index contributed by atoms with van der Waals surface area (Å²) in [6.45, 7) is 5.65. The first-order valence-electron chi connectivity index (χ1n) is 9.37. The molecule has 8 heteroatoms. The van der Waals surface area contributed by atoms with E-state index in [1.807, 2.05) is 6.92 Å². The molecule has 0 aromatic heterocycles. The molecule has 2 N–H and O–H groups in total. The molecule has 0 aliphatic heterocycles. The van der Waals surface area contributed by atoms with Gasteiger partial charge in [-0.15, -0.1) is 0 Å². The lowest BCUT2D eigenvalue weighted by Crippen LogP contribution is -2.34. The van der Waals surface area contributed by atoms with Crippen LogP contribution in [0.25, 0.3) is 0 Å². The Morgan fingerprint density at radius 1 is 1.10 bits per heavy atom. The molecule has 0 saturated carbocycles. The number of sulfonamides is 1. The molecular weight excluding hydrogens is 417 g/mol. The Morgan fingerprint density at radius 3 is 2.39 bits per heavy atom. The highest BCUT2D eigenvalue weighted by molar-refractivity contribution is 7.92. The van der Waals surface area contributed by atoms with E-state index < -0.39 is 15.8 Å². The molecule has 0 aliphatic carbocycles. The molecule has 0 unspecified atom stereocenters. The monoisotopic (exact) mass is 439 g/mol. The van der Waals surface area contributed by atoms with Crippen LogP contribution < -0.4 is 9.73 Å². The number of hydrogen-bond donors (Lipinski definition) is 2. The number of nitrogens with one attached hydrogen (secondary N) is 1. The number of anilines is 1. The van der Waals surface area contributed by atoms with E-state index >= 15 is 0 Å². The molecule has 0 bridgehead atoms. The van der Waals surface area contributed by atoms with Crippen molar-refractivity contribution >= 4 is 21.9 Å². The number of phenolic OH excluding ortho intramolecular Hbond substituents is 1. The number of nitrogens with zero attached hydrogens (tertiary/aromatic N) is 2. The van der Waals surface area contributed by atoms with Crippen LogP contribution in [0.1, 0.15) is 11.1 Å². The van der Waals surface area contributed by atoms with Crippen molar-refractivity contribution in [2.24, 2.45) is 5.10 Å². The molecule has 0 saturated heterocycles. The summed E-state index contributed by atoms with van der Waals surface area (Å²) >= 11 is 0. The van der Waals surface area contributed by atoms with Gasteiger partial charge in [-0.2, -0.15) is 5.10 Å². The van der Waals surface area contributed by atoms with Crippen molar-refractivity contribution in [1.82, 2.24) is 5.43 Å².